The summed E-state index contributed by atoms with van der Waals surface area (Å²) in [4.78, 5) is 14.5. The topological polar surface area (TPSA) is 59.0 Å². The summed E-state index contributed by atoms with van der Waals surface area (Å²) in [6.07, 6.45) is -0.0150. The molecular weight excluding hydrogens is 423 g/mol. The van der Waals surface area contributed by atoms with Crippen LogP contribution in [0.4, 0.5) is 18.0 Å². The number of nitrogens with zero attached hydrogens (tertiary/aromatic N) is 1. The van der Waals surface area contributed by atoms with Crippen molar-refractivity contribution in [1.29, 1.82) is 0 Å². The van der Waals surface area contributed by atoms with Gasteiger partial charge in [-0.05, 0) is 76.6 Å². The van der Waals surface area contributed by atoms with Crippen LogP contribution in [-0.4, -0.2) is 46.5 Å². The van der Waals surface area contributed by atoms with Crippen molar-refractivity contribution in [2.45, 2.75) is 95.7 Å². The van der Waals surface area contributed by atoms with Crippen molar-refractivity contribution >= 4 is 6.09 Å². The van der Waals surface area contributed by atoms with Crippen molar-refractivity contribution in [3.63, 3.8) is 0 Å². The molecule has 3 atom stereocenters. The molecule has 2 fully saturated rings. The zero-order chi connectivity index (χ0) is 23.5. The first-order valence-electron chi connectivity index (χ1n) is 11.4. The van der Waals surface area contributed by atoms with Crippen LogP contribution in [0.2, 0.25) is 0 Å². The summed E-state index contributed by atoms with van der Waals surface area (Å²) in [7, 11) is 0. The first-order chi connectivity index (χ1) is 14.9. The number of carbonyl (C=O) groups is 1. The summed E-state index contributed by atoms with van der Waals surface area (Å²) >= 11 is 0. The van der Waals surface area contributed by atoms with E-state index in [2.05, 4.69) is 0 Å². The average Bonchev–Trinajstić information content (AvgIpc) is 3.20. The van der Waals surface area contributed by atoms with Crippen LogP contribution in [0.1, 0.15) is 71.3 Å². The van der Waals surface area contributed by atoms with Gasteiger partial charge in [0.15, 0.2) is 0 Å². The van der Waals surface area contributed by atoms with Gasteiger partial charge in [0, 0.05) is 19.0 Å². The first kappa shape index (κ1) is 24.7. The molecule has 8 heteroatoms. The maximum atomic E-state index is 12.9. The lowest BCUT2D eigenvalue weighted by Gasteiger charge is -2.40. The van der Waals surface area contributed by atoms with Gasteiger partial charge in [-0.25, -0.2) is 4.79 Å². The van der Waals surface area contributed by atoms with Gasteiger partial charge in [0.1, 0.15) is 17.5 Å². The standard InChI is InChI=1S/C24H34F3NO4/c1-23(2,3)32-22(30)28-13-12-19(29)14-18(28)15-21(16-6-4-5-7-16)31-20-10-8-17(9-11-20)24(25,26)27/h8-11,16,18-19,21,29H,4-7,12-15H2,1-3H3/t18-,19-,21+/m1/s1. The smallest absolute Gasteiger partial charge is 0.416 e. The van der Waals surface area contributed by atoms with Crippen LogP contribution >= 0.6 is 0 Å². The first-order valence-corrected chi connectivity index (χ1v) is 11.4. The normalized spacial score (nSPS) is 23.8. The molecule has 2 aliphatic rings. The van der Waals surface area contributed by atoms with Crippen molar-refractivity contribution in [3.05, 3.63) is 29.8 Å². The molecule has 0 aromatic heterocycles. The van der Waals surface area contributed by atoms with Gasteiger partial charge in [-0.2, -0.15) is 13.2 Å². The highest BCUT2D eigenvalue weighted by molar-refractivity contribution is 5.68. The monoisotopic (exact) mass is 457 g/mol. The minimum absolute atomic E-state index is 0.255. The number of aliphatic hydroxyl groups is 1. The molecule has 1 aromatic carbocycles. The van der Waals surface area contributed by atoms with Crippen LogP contribution in [0.5, 0.6) is 5.75 Å². The van der Waals surface area contributed by atoms with Gasteiger partial charge in [0.05, 0.1) is 11.7 Å². The second-order valence-electron chi connectivity index (χ2n) is 9.96. The van der Waals surface area contributed by atoms with Crippen molar-refractivity contribution in [1.82, 2.24) is 4.90 Å². The average molecular weight is 458 g/mol. The van der Waals surface area contributed by atoms with Gasteiger partial charge in [-0.15, -0.1) is 0 Å². The summed E-state index contributed by atoms with van der Waals surface area (Å²) < 4.78 is 50.5. The third-order valence-electron chi connectivity index (χ3n) is 6.22. The zero-order valence-corrected chi connectivity index (χ0v) is 19.0. The number of benzene rings is 1. The lowest BCUT2D eigenvalue weighted by atomic mass is 9.89. The molecule has 0 spiro atoms. The third kappa shape index (κ3) is 6.77. The van der Waals surface area contributed by atoms with Crippen LogP contribution in [0, 0.1) is 5.92 Å². The molecule has 0 bridgehead atoms. The maximum absolute atomic E-state index is 12.9. The van der Waals surface area contributed by atoms with E-state index in [4.69, 9.17) is 9.47 Å². The maximum Gasteiger partial charge on any atom is 0.416 e. The summed E-state index contributed by atoms with van der Waals surface area (Å²) in [6.45, 7) is 5.84. The van der Waals surface area contributed by atoms with E-state index in [9.17, 15) is 23.1 Å². The molecule has 1 heterocycles. The Morgan fingerprint density at radius 2 is 1.75 bits per heavy atom. The lowest BCUT2D eigenvalue weighted by Crippen LogP contribution is -2.51. The summed E-state index contributed by atoms with van der Waals surface area (Å²) in [5.74, 6) is 0.645. The molecular formula is C24H34F3NO4. The number of amides is 1. The van der Waals surface area contributed by atoms with Gasteiger partial charge >= 0.3 is 12.3 Å². The number of likely N-dealkylation sites (tertiary alicyclic amines) is 1. The minimum atomic E-state index is -4.39. The fourth-order valence-electron chi connectivity index (χ4n) is 4.65. The molecule has 3 rings (SSSR count). The summed E-state index contributed by atoms with van der Waals surface area (Å²) in [6, 6.07) is 4.50. The molecule has 1 saturated heterocycles. The number of piperidine rings is 1. The van der Waals surface area contributed by atoms with Crippen molar-refractivity contribution in [2.24, 2.45) is 5.92 Å². The SMILES string of the molecule is CC(C)(C)OC(=O)N1CC[C@@H](O)C[C@@H]1C[C@H](Oc1ccc(C(F)(F)F)cc1)C1CCCC1. The minimum Gasteiger partial charge on any atom is -0.490 e. The van der Waals surface area contributed by atoms with Gasteiger partial charge in [-0.1, -0.05) is 12.8 Å². The highest BCUT2D eigenvalue weighted by atomic mass is 19.4. The molecule has 1 saturated carbocycles. The van der Waals surface area contributed by atoms with E-state index in [1.54, 1.807) is 4.90 Å². The molecule has 180 valence electrons. The highest BCUT2D eigenvalue weighted by Crippen LogP contribution is 2.36. The Bertz CT molecular complexity index is 754. The van der Waals surface area contributed by atoms with E-state index in [0.717, 1.165) is 37.8 Å². The predicted octanol–water partition coefficient (Wildman–Crippen LogP) is 5.79. The van der Waals surface area contributed by atoms with E-state index < -0.39 is 29.5 Å². The second-order valence-corrected chi connectivity index (χ2v) is 9.96. The van der Waals surface area contributed by atoms with Crippen molar-refractivity contribution in [3.8, 4) is 5.75 Å². The third-order valence-corrected chi connectivity index (χ3v) is 6.22. The summed E-state index contributed by atoms with van der Waals surface area (Å²) in [5.41, 5.74) is -1.34. The van der Waals surface area contributed by atoms with E-state index in [-0.39, 0.29) is 18.1 Å². The Labute approximate surface area is 187 Å². The number of rotatable bonds is 5. The zero-order valence-electron chi connectivity index (χ0n) is 19.0. The van der Waals surface area contributed by atoms with Gasteiger partial charge in [-0.3, -0.25) is 0 Å². The number of aliphatic hydroxyl groups excluding tert-OH is 1. The second kappa shape index (κ2) is 9.89. The molecule has 1 N–H and O–H groups in total. The molecule has 1 amide bonds. The molecule has 32 heavy (non-hydrogen) atoms. The van der Waals surface area contributed by atoms with E-state index >= 15 is 0 Å². The molecule has 1 aliphatic carbocycles. The largest absolute Gasteiger partial charge is 0.490 e. The fraction of sp³-hybridized carbons (Fsp3) is 0.708. The lowest BCUT2D eigenvalue weighted by molar-refractivity contribution is -0.137. The Balaban J connectivity index is 1.76. The molecule has 5 nitrogen and oxygen atoms in total. The molecule has 1 aromatic rings. The molecule has 1 aliphatic heterocycles. The number of carbonyl (C=O) groups excluding carboxylic acids is 1. The Hall–Kier alpha value is -1.96. The quantitative estimate of drug-likeness (QED) is 0.608. The van der Waals surface area contributed by atoms with Crippen molar-refractivity contribution < 1.29 is 32.5 Å². The highest BCUT2D eigenvalue weighted by Gasteiger charge is 2.38. The predicted molar refractivity (Wildman–Crippen MR) is 114 cm³/mol. The number of hydrogen-bond donors (Lipinski definition) is 1. The number of alkyl halides is 3. The number of halogens is 3. The van der Waals surface area contributed by atoms with Gasteiger partial charge in [0.2, 0.25) is 0 Å². The van der Waals surface area contributed by atoms with E-state index in [1.165, 1.54) is 12.1 Å². The Kier molecular flexibility index (Phi) is 7.63. The van der Waals surface area contributed by atoms with E-state index in [1.807, 2.05) is 20.8 Å². The fourth-order valence-corrected chi connectivity index (χ4v) is 4.65. The summed E-state index contributed by atoms with van der Waals surface area (Å²) in [5, 5.41) is 10.3. The molecule has 0 unspecified atom stereocenters. The van der Waals surface area contributed by atoms with Crippen LogP contribution < -0.4 is 4.74 Å². The van der Waals surface area contributed by atoms with Gasteiger partial charge < -0.3 is 19.5 Å². The van der Waals surface area contributed by atoms with Crippen LogP contribution in [0.15, 0.2) is 24.3 Å². The Morgan fingerprint density at radius 1 is 1.12 bits per heavy atom. The Morgan fingerprint density at radius 3 is 2.31 bits per heavy atom. The number of ether oxygens (including phenoxy) is 2. The number of hydrogen-bond acceptors (Lipinski definition) is 4. The van der Waals surface area contributed by atoms with Crippen LogP contribution in [-0.2, 0) is 10.9 Å². The van der Waals surface area contributed by atoms with E-state index in [0.29, 0.717) is 31.6 Å². The van der Waals surface area contributed by atoms with Crippen LogP contribution in [0.25, 0.3) is 0 Å². The van der Waals surface area contributed by atoms with Crippen molar-refractivity contribution in [2.75, 3.05) is 6.54 Å². The molecule has 0 radical (unpaired) electrons. The van der Waals surface area contributed by atoms with Gasteiger partial charge in [0.25, 0.3) is 0 Å². The van der Waals surface area contributed by atoms with Crippen LogP contribution in [0.3, 0.4) is 0 Å².